The van der Waals surface area contributed by atoms with Crippen molar-refractivity contribution >= 4 is 21.4 Å². The second-order valence-corrected chi connectivity index (χ2v) is 8.12. The molecule has 0 bridgehead atoms. The van der Waals surface area contributed by atoms with Gasteiger partial charge in [0.05, 0.1) is 18.0 Å². The van der Waals surface area contributed by atoms with Gasteiger partial charge < -0.3 is 0 Å². The number of aryl methyl sites for hydroxylation is 1. The van der Waals surface area contributed by atoms with E-state index >= 15 is 0 Å². The van der Waals surface area contributed by atoms with Gasteiger partial charge in [0.2, 0.25) is 10.0 Å². The van der Waals surface area contributed by atoms with E-state index in [0.717, 1.165) is 28.3 Å². The van der Waals surface area contributed by atoms with Crippen LogP contribution in [0.5, 0.6) is 0 Å². The molecule has 1 aliphatic rings. The lowest BCUT2D eigenvalue weighted by molar-refractivity contribution is 0.575. The summed E-state index contributed by atoms with van der Waals surface area (Å²) < 4.78 is 55.1. The SMILES string of the molecule is CCCS(=O)(=O)Nc1ccc(F)c(N2CC(c3cncc(C)c3)N=N2)c1F. The number of nitrogens with one attached hydrogen (secondary N) is 1. The lowest BCUT2D eigenvalue weighted by Gasteiger charge is -2.18. The Bertz CT molecular complexity index is 981. The molecule has 0 fully saturated rings. The molecule has 1 aromatic carbocycles. The largest absolute Gasteiger partial charge is 0.280 e. The molecule has 10 heteroatoms. The van der Waals surface area contributed by atoms with E-state index in [0.29, 0.717) is 6.42 Å². The Morgan fingerprint density at radius 3 is 2.78 bits per heavy atom. The normalized spacial score (nSPS) is 16.7. The molecule has 1 unspecified atom stereocenters. The van der Waals surface area contributed by atoms with Gasteiger partial charge in [-0.05, 0) is 36.6 Å². The summed E-state index contributed by atoms with van der Waals surface area (Å²) in [6.07, 6.45) is 3.69. The summed E-state index contributed by atoms with van der Waals surface area (Å²) >= 11 is 0. The zero-order valence-corrected chi connectivity index (χ0v) is 15.7. The van der Waals surface area contributed by atoms with Crippen LogP contribution in [0.1, 0.15) is 30.5 Å². The van der Waals surface area contributed by atoms with Crippen molar-refractivity contribution in [1.29, 1.82) is 0 Å². The molecule has 1 aromatic heterocycles. The number of hydrogen-bond acceptors (Lipinski definition) is 6. The van der Waals surface area contributed by atoms with Crippen LogP contribution in [0.2, 0.25) is 0 Å². The van der Waals surface area contributed by atoms with Gasteiger partial charge in [-0.3, -0.25) is 9.71 Å². The third kappa shape index (κ3) is 4.21. The van der Waals surface area contributed by atoms with E-state index in [4.69, 9.17) is 0 Å². The number of sulfonamides is 1. The van der Waals surface area contributed by atoms with E-state index in [1.807, 2.05) is 13.0 Å². The maximum absolute atomic E-state index is 14.8. The molecule has 2 heterocycles. The van der Waals surface area contributed by atoms with Gasteiger partial charge in [-0.25, -0.2) is 22.2 Å². The van der Waals surface area contributed by atoms with E-state index in [1.165, 1.54) is 0 Å². The minimum Gasteiger partial charge on any atom is -0.280 e. The molecule has 0 amide bonds. The van der Waals surface area contributed by atoms with Gasteiger partial charge in [-0.1, -0.05) is 18.2 Å². The topological polar surface area (TPSA) is 87.0 Å². The zero-order chi connectivity index (χ0) is 19.6. The first-order valence-electron chi connectivity index (χ1n) is 8.39. The number of aromatic nitrogens is 1. The molecular weight excluding hydrogens is 376 g/mol. The monoisotopic (exact) mass is 395 g/mol. The Morgan fingerprint density at radius 1 is 1.30 bits per heavy atom. The molecule has 0 spiro atoms. The Hall–Kier alpha value is -2.62. The Morgan fingerprint density at radius 2 is 2.07 bits per heavy atom. The van der Waals surface area contributed by atoms with Gasteiger partial charge in [-0.15, -0.1) is 0 Å². The van der Waals surface area contributed by atoms with Crippen molar-refractivity contribution in [3.8, 4) is 0 Å². The van der Waals surface area contributed by atoms with Gasteiger partial charge in [0.15, 0.2) is 11.6 Å². The molecule has 0 saturated heterocycles. The lowest BCUT2D eigenvalue weighted by Crippen LogP contribution is -2.21. The van der Waals surface area contributed by atoms with Crippen LogP contribution in [0.25, 0.3) is 0 Å². The van der Waals surface area contributed by atoms with E-state index < -0.39 is 33.4 Å². The van der Waals surface area contributed by atoms with Gasteiger partial charge in [0, 0.05) is 12.4 Å². The first kappa shape index (κ1) is 19.2. The third-order valence-electron chi connectivity index (χ3n) is 3.99. The van der Waals surface area contributed by atoms with Crippen molar-refractivity contribution in [3.63, 3.8) is 0 Å². The number of halogens is 2. The highest BCUT2D eigenvalue weighted by Crippen LogP contribution is 2.35. The quantitative estimate of drug-likeness (QED) is 0.807. The van der Waals surface area contributed by atoms with E-state index in [-0.39, 0.29) is 18.0 Å². The summed E-state index contributed by atoms with van der Waals surface area (Å²) in [4.78, 5) is 4.09. The summed E-state index contributed by atoms with van der Waals surface area (Å²) in [7, 11) is -3.71. The summed E-state index contributed by atoms with van der Waals surface area (Å²) in [6, 6.07) is 3.51. The average molecular weight is 395 g/mol. The second kappa shape index (κ2) is 7.55. The van der Waals surface area contributed by atoms with Crippen LogP contribution in [0.3, 0.4) is 0 Å². The van der Waals surface area contributed by atoms with Gasteiger partial charge in [-0.2, -0.15) is 5.11 Å². The Kier molecular flexibility index (Phi) is 5.36. The molecule has 1 aliphatic heterocycles. The number of anilines is 2. The van der Waals surface area contributed by atoms with Crippen LogP contribution >= 0.6 is 0 Å². The number of benzene rings is 1. The molecule has 0 radical (unpaired) electrons. The molecule has 0 aliphatic carbocycles. The smallest absolute Gasteiger partial charge is 0.232 e. The highest BCUT2D eigenvalue weighted by atomic mass is 32.2. The van der Waals surface area contributed by atoms with Gasteiger partial charge in [0.1, 0.15) is 11.7 Å². The summed E-state index contributed by atoms with van der Waals surface area (Å²) in [6.45, 7) is 3.69. The molecular formula is C17H19F2N5O2S. The molecule has 1 N–H and O–H groups in total. The highest BCUT2D eigenvalue weighted by Gasteiger charge is 2.28. The fourth-order valence-corrected chi connectivity index (χ4v) is 3.91. The van der Waals surface area contributed by atoms with E-state index in [1.54, 1.807) is 19.3 Å². The molecule has 2 aromatic rings. The molecule has 3 rings (SSSR count). The van der Waals surface area contributed by atoms with Crippen molar-refractivity contribution in [1.82, 2.24) is 4.98 Å². The summed E-state index contributed by atoms with van der Waals surface area (Å²) in [5.74, 6) is -2.05. The first-order valence-corrected chi connectivity index (χ1v) is 10.0. The zero-order valence-electron chi connectivity index (χ0n) is 14.9. The molecule has 27 heavy (non-hydrogen) atoms. The highest BCUT2D eigenvalue weighted by molar-refractivity contribution is 7.92. The number of nitrogens with zero attached hydrogens (tertiary/aromatic N) is 4. The van der Waals surface area contributed by atoms with E-state index in [9.17, 15) is 17.2 Å². The first-order chi connectivity index (χ1) is 12.8. The van der Waals surface area contributed by atoms with Crippen LogP contribution < -0.4 is 9.73 Å². The Balaban J connectivity index is 1.87. The molecule has 1 atom stereocenters. The minimum atomic E-state index is -3.71. The standard InChI is InChI=1S/C17H19F2N5O2S/c1-3-6-27(25,26)22-14-5-4-13(18)17(16(14)19)24-10-15(21-23-24)12-7-11(2)8-20-9-12/h4-5,7-9,15,22H,3,6,10H2,1-2H3. The second-order valence-electron chi connectivity index (χ2n) is 6.28. The third-order valence-corrected chi connectivity index (χ3v) is 5.47. The number of hydrogen-bond donors (Lipinski definition) is 1. The van der Waals surface area contributed by atoms with Crippen LogP contribution in [-0.4, -0.2) is 25.7 Å². The predicted molar refractivity (Wildman–Crippen MR) is 98.0 cm³/mol. The average Bonchev–Trinajstić information content (AvgIpc) is 3.07. The van der Waals surface area contributed by atoms with Crippen molar-refractivity contribution in [2.45, 2.75) is 26.3 Å². The molecule has 0 saturated carbocycles. The fraction of sp³-hybridized carbons (Fsp3) is 0.353. The Labute approximate surface area is 156 Å². The van der Waals surface area contributed by atoms with Crippen molar-refractivity contribution < 1.29 is 17.2 Å². The maximum Gasteiger partial charge on any atom is 0.232 e. The van der Waals surface area contributed by atoms with Gasteiger partial charge >= 0.3 is 0 Å². The van der Waals surface area contributed by atoms with Crippen LogP contribution in [0, 0.1) is 18.6 Å². The van der Waals surface area contributed by atoms with Crippen molar-refractivity contribution in [2.75, 3.05) is 22.0 Å². The lowest BCUT2D eigenvalue weighted by atomic mass is 10.1. The number of rotatable bonds is 6. The van der Waals surface area contributed by atoms with Crippen molar-refractivity contribution in [3.05, 3.63) is 53.4 Å². The van der Waals surface area contributed by atoms with Gasteiger partial charge in [0.25, 0.3) is 0 Å². The number of pyridine rings is 1. The predicted octanol–water partition coefficient (Wildman–Crippen LogP) is 3.75. The summed E-state index contributed by atoms with van der Waals surface area (Å²) in [5, 5.41) is 9.01. The fourth-order valence-electron chi connectivity index (χ4n) is 2.77. The van der Waals surface area contributed by atoms with Crippen molar-refractivity contribution in [2.24, 2.45) is 10.3 Å². The van der Waals surface area contributed by atoms with Crippen LogP contribution in [-0.2, 0) is 10.0 Å². The van der Waals surface area contributed by atoms with E-state index in [2.05, 4.69) is 20.0 Å². The molecule has 144 valence electrons. The van der Waals surface area contributed by atoms with Crippen LogP contribution in [0.15, 0.2) is 40.9 Å². The maximum atomic E-state index is 14.8. The molecule has 7 nitrogen and oxygen atoms in total. The van der Waals surface area contributed by atoms with Crippen LogP contribution in [0.4, 0.5) is 20.2 Å². The minimum absolute atomic E-state index is 0.115. The summed E-state index contributed by atoms with van der Waals surface area (Å²) in [5.41, 5.74) is 0.946.